The Labute approximate surface area is 114 Å². The van der Waals surface area contributed by atoms with Crippen molar-refractivity contribution in [3.8, 4) is 0 Å². The molecule has 0 aliphatic rings. The van der Waals surface area contributed by atoms with Crippen molar-refractivity contribution in [3.05, 3.63) is 66.0 Å². The summed E-state index contributed by atoms with van der Waals surface area (Å²) in [5.74, 6) is 0. The molecule has 2 atom stereocenters. The summed E-state index contributed by atoms with van der Waals surface area (Å²) in [7, 11) is 0. The van der Waals surface area contributed by atoms with E-state index in [-0.39, 0.29) is 18.7 Å². The summed E-state index contributed by atoms with van der Waals surface area (Å²) in [5, 5.41) is 12.9. The Morgan fingerprint density at radius 1 is 1.11 bits per heavy atom. The van der Waals surface area contributed by atoms with Crippen LogP contribution in [0.5, 0.6) is 0 Å². The number of hydrogen-bond acceptors (Lipinski definition) is 3. The highest BCUT2D eigenvalue weighted by molar-refractivity contribution is 5.27. The van der Waals surface area contributed by atoms with E-state index in [0.717, 1.165) is 17.7 Å². The van der Waals surface area contributed by atoms with E-state index in [1.807, 2.05) is 36.4 Å². The lowest BCUT2D eigenvalue weighted by molar-refractivity contribution is 0.232. The molecule has 0 fully saturated rings. The number of hydrogen-bond donors (Lipinski definition) is 2. The average molecular weight is 256 g/mol. The smallest absolute Gasteiger partial charge is 0.0754 e. The van der Waals surface area contributed by atoms with Crippen molar-refractivity contribution in [2.45, 2.75) is 25.4 Å². The molecule has 0 aliphatic heterocycles. The molecule has 0 bridgehead atoms. The third-order valence-electron chi connectivity index (χ3n) is 3.23. The molecular weight excluding hydrogens is 236 g/mol. The van der Waals surface area contributed by atoms with Gasteiger partial charge in [0.1, 0.15) is 0 Å². The molecule has 3 heteroatoms. The van der Waals surface area contributed by atoms with Gasteiger partial charge in [0.2, 0.25) is 0 Å². The van der Waals surface area contributed by atoms with E-state index in [4.69, 9.17) is 0 Å². The normalized spacial score (nSPS) is 14.0. The number of aliphatic hydroxyl groups is 1. The van der Waals surface area contributed by atoms with E-state index in [2.05, 4.69) is 29.4 Å². The third-order valence-corrected chi connectivity index (χ3v) is 3.23. The lowest BCUT2D eigenvalue weighted by Gasteiger charge is -2.24. The Morgan fingerprint density at radius 3 is 2.42 bits per heavy atom. The number of nitrogens with one attached hydrogen (secondary N) is 1. The second kappa shape index (κ2) is 7.02. The van der Waals surface area contributed by atoms with Crippen LogP contribution in [0.15, 0.2) is 54.7 Å². The summed E-state index contributed by atoms with van der Waals surface area (Å²) in [4.78, 5) is 4.43. The molecule has 2 aromatic rings. The molecule has 0 spiro atoms. The van der Waals surface area contributed by atoms with Crippen molar-refractivity contribution in [2.24, 2.45) is 0 Å². The fourth-order valence-corrected chi connectivity index (χ4v) is 2.08. The van der Waals surface area contributed by atoms with E-state index in [9.17, 15) is 5.11 Å². The molecule has 0 amide bonds. The van der Waals surface area contributed by atoms with Crippen LogP contribution >= 0.6 is 0 Å². The van der Waals surface area contributed by atoms with Crippen molar-refractivity contribution in [3.63, 3.8) is 0 Å². The predicted octanol–water partition coefficient (Wildman–Crippen LogP) is 2.53. The van der Waals surface area contributed by atoms with Crippen molar-refractivity contribution in [1.82, 2.24) is 10.3 Å². The molecule has 19 heavy (non-hydrogen) atoms. The summed E-state index contributed by atoms with van der Waals surface area (Å²) >= 11 is 0. The van der Waals surface area contributed by atoms with Crippen molar-refractivity contribution < 1.29 is 5.11 Å². The van der Waals surface area contributed by atoms with Gasteiger partial charge in [0.05, 0.1) is 18.3 Å². The Kier molecular flexibility index (Phi) is 5.07. The summed E-state index contributed by atoms with van der Waals surface area (Å²) in [6.45, 7) is 2.20. The van der Waals surface area contributed by atoms with Gasteiger partial charge in [-0.25, -0.2) is 0 Å². The van der Waals surface area contributed by atoms with Crippen LogP contribution in [0.25, 0.3) is 0 Å². The van der Waals surface area contributed by atoms with Crippen LogP contribution in [0.1, 0.15) is 30.6 Å². The van der Waals surface area contributed by atoms with E-state index < -0.39 is 0 Å². The van der Waals surface area contributed by atoms with E-state index in [1.165, 1.54) is 0 Å². The van der Waals surface area contributed by atoms with Crippen LogP contribution in [0.4, 0.5) is 0 Å². The Hall–Kier alpha value is -1.71. The van der Waals surface area contributed by atoms with Crippen LogP contribution < -0.4 is 5.32 Å². The molecule has 1 aromatic heterocycles. The van der Waals surface area contributed by atoms with Crippen LogP contribution in [0.3, 0.4) is 0 Å². The average Bonchev–Trinajstić information content (AvgIpc) is 2.50. The maximum atomic E-state index is 9.39. The van der Waals surface area contributed by atoms with Crippen molar-refractivity contribution >= 4 is 0 Å². The van der Waals surface area contributed by atoms with Gasteiger partial charge in [-0.1, -0.05) is 43.3 Å². The van der Waals surface area contributed by atoms with Gasteiger partial charge in [0.25, 0.3) is 0 Å². The van der Waals surface area contributed by atoms with Crippen LogP contribution in [-0.4, -0.2) is 22.7 Å². The zero-order chi connectivity index (χ0) is 13.5. The summed E-state index contributed by atoms with van der Waals surface area (Å²) < 4.78 is 0. The van der Waals surface area contributed by atoms with Crippen LogP contribution in [-0.2, 0) is 0 Å². The van der Waals surface area contributed by atoms with E-state index in [0.29, 0.717) is 0 Å². The minimum absolute atomic E-state index is 0.0134. The van der Waals surface area contributed by atoms with Gasteiger partial charge in [0, 0.05) is 12.2 Å². The number of nitrogens with zero attached hydrogens (tertiary/aromatic N) is 1. The molecular formula is C16H20N2O. The number of benzene rings is 1. The number of rotatable bonds is 6. The first-order valence-corrected chi connectivity index (χ1v) is 6.68. The highest BCUT2D eigenvalue weighted by Crippen LogP contribution is 2.20. The van der Waals surface area contributed by atoms with E-state index in [1.54, 1.807) is 6.20 Å². The molecule has 0 saturated carbocycles. The van der Waals surface area contributed by atoms with Gasteiger partial charge >= 0.3 is 0 Å². The molecule has 1 heterocycles. The first kappa shape index (κ1) is 13.7. The number of pyridine rings is 1. The molecule has 3 nitrogen and oxygen atoms in total. The standard InChI is InChI=1S/C16H20N2O/c1-2-14(12-19)18-16(13-8-4-3-5-9-13)15-10-6-7-11-17-15/h3-11,14,16,18-19H,2,12H2,1H3/t14-,16?/m0/s1. The topological polar surface area (TPSA) is 45.1 Å². The van der Waals surface area contributed by atoms with Gasteiger partial charge in [-0.15, -0.1) is 0 Å². The molecule has 0 saturated heterocycles. The molecule has 1 unspecified atom stereocenters. The molecule has 0 aliphatic carbocycles. The molecule has 1 aromatic carbocycles. The van der Waals surface area contributed by atoms with Crippen molar-refractivity contribution in [1.29, 1.82) is 0 Å². The summed E-state index contributed by atoms with van der Waals surface area (Å²) in [5.41, 5.74) is 2.13. The first-order valence-electron chi connectivity index (χ1n) is 6.68. The maximum Gasteiger partial charge on any atom is 0.0754 e. The number of aromatic nitrogens is 1. The highest BCUT2D eigenvalue weighted by Gasteiger charge is 2.18. The molecule has 2 N–H and O–H groups in total. The zero-order valence-corrected chi connectivity index (χ0v) is 11.2. The van der Waals surface area contributed by atoms with Gasteiger partial charge in [-0.3, -0.25) is 10.3 Å². The Morgan fingerprint density at radius 2 is 1.84 bits per heavy atom. The maximum absolute atomic E-state index is 9.39. The van der Waals surface area contributed by atoms with Crippen LogP contribution in [0, 0.1) is 0 Å². The molecule has 100 valence electrons. The molecule has 0 radical (unpaired) electrons. The Bertz CT molecular complexity index is 429. The van der Waals surface area contributed by atoms with Crippen LogP contribution in [0.2, 0.25) is 0 Å². The monoisotopic (exact) mass is 256 g/mol. The minimum Gasteiger partial charge on any atom is -0.395 e. The SMILES string of the molecule is CC[C@@H](CO)NC(c1ccccc1)c1ccccn1. The predicted molar refractivity (Wildman–Crippen MR) is 76.8 cm³/mol. The second-order valence-electron chi connectivity index (χ2n) is 4.55. The first-order chi connectivity index (χ1) is 9.35. The lowest BCUT2D eigenvalue weighted by Crippen LogP contribution is -2.36. The zero-order valence-electron chi connectivity index (χ0n) is 11.2. The fourth-order valence-electron chi connectivity index (χ4n) is 2.08. The fraction of sp³-hybridized carbons (Fsp3) is 0.312. The van der Waals surface area contributed by atoms with Gasteiger partial charge in [0.15, 0.2) is 0 Å². The lowest BCUT2D eigenvalue weighted by atomic mass is 10.0. The molecule has 2 rings (SSSR count). The number of aliphatic hydroxyl groups excluding tert-OH is 1. The second-order valence-corrected chi connectivity index (χ2v) is 4.55. The van der Waals surface area contributed by atoms with Gasteiger partial charge in [-0.2, -0.15) is 0 Å². The summed E-state index contributed by atoms with van der Waals surface area (Å²) in [6.07, 6.45) is 2.68. The van der Waals surface area contributed by atoms with Gasteiger partial charge in [-0.05, 0) is 24.1 Å². The van der Waals surface area contributed by atoms with Gasteiger partial charge < -0.3 is 5.11 Å². The summed E-state index contributed by atoms with van der Waals surface area (Å²) in [6, 6.07) is 16.2. The van der Waals surface area contributed by atoms with E-state index >= 15 is 0 Å². The highest BCUT2D eigenvalue weighted by atomic mass is 16.3. The third kappa shape index (κ3) is 3.63. The quantitative estimate of drug-likeness (QED) is 0.835. The Balaban J connectivity index is 2.29. The van der Waals surface area contributed by atoms with Crippen molar-refractivity contribution in [2.75, 3.05) is 6.61 Å². The largest absolute Gasteiger partial charge is 0.395 e. The minimum atomic E-state index is 0.0134.